The van der Waals surface area contributed by atoms with Gasteiger partial charge in [-0.2, -0.15) is 0 Å². The van der Waals surface area contributed by atoms with Crippen LogP contribution in [-0.4, -0.2) is 13.4 Å². The Morgan fingerprint density at radius 1 is 0.950 bits per heavy atom. The molecule has 0 amide bonds. The van der Waals surface area contributed by atoms with Crippen LogP contribution in [0.25, 0.3) is 10.9 Å². The summed E-state index contributed by atoms with van der Waals surface area (Å²) in [6.45, 7) is 0. The SMILES string of the molecule is Cl.O=S(=O)(c1ccccc1)c1cc2cc(F)ccc2[nH]1. The third-order valence-electron chi connectivity index (χ3n) is 2.90. The Balaban J connectivity index is 0.00000147. The summed E-state index contributed by atoms with van der Waals surface area (Å²) >= 11 is 0. The molecule has 0 unspecified atom stereocenters. The van der Waals surface area contributed by atoms with Gasteiger partial charge in [0.1, 0.15) is 10.8 Å². The van der Waals surface area contributed by atoms with E-state index in [0.29, 0.717) is 10.9 Å². The molecule has 6 heteroatoms. The molecule has 0 fully saturated rings. The fraction of sp³-hybridized carbons (Fsp3) is 0. The van der Waals surface area contributed by atoms with E-state index in [-0.39, 0.29) is 22.3 Å². The number of halogens is 2. The number of aromatic nitrogens is 1. The first kappa shape index (κ1) is 14.6. The zero-order chi connectivity index (χ0) is 13.5. The molecule has 1 heterocycles. The van der Waals surface area contributed by atoms with Gasteiger partial charge in [-0.1, -0.05) is 18.2 Å². The molecule has 3 aromatic rings. The number of benzene rings is 2. The first-order valence-corrected chi connectivity index (χ1v) is 7.14. The fourth-order valence-corrected chi connectivity index (χ4v) is 3.24. The monoisotopic (exact) mass is 311 g/mol. The summed E-state index contributed by atoms with van der Waals surface area (Å²) in [5.74, 6) is -0.393. The minimum absolute atomic E-state index is 0. The van der Waals surface area contributed by atoms with E-state index in [2.05, 4.69) is 4.98 Å². The number of H-pyrrole nitrogens is 1. The molecule has 104 valence electrons. The third-order valence-corrected chi connectivity index (χ3v) is 4.59. The van der Waals surface area contributed by atoms with Gasteiger partial charge in [0, 0.05) is 10.9 Å². The second kappa shape index (κ2) is 5.26. The van der Waals surface area contributed by atoms with E-state index in [1.54, 1.807) is 18.2 Å². The lowest BCUT2D eigenvalue weighted by molar-refractivity contribution is 0.593. The van der Waals surface area contributed by atoms with Crippen molar-refractivity contribution in [1.29, 1.82) is 0 Å². The molecule has 0 aliphatic rings. The molecule has 1 N–H and O–H groups in total. The smallest absolute Gasteiger partial charge is 0.221 e. The van der Waals surface area contributed by atoms with Crippen molar-refractivity contribution in [2.24, 2.45) is 0 Å². The van der Waals surface area contributed by atoms with Gasteiger partial charge in [-0.15, -0.1) is 12.4 Å². The normalized spacial score (nSPS) is 11.2. The molecule has 1 aromatic heterocycles. The number of fused-ring (bicyclic) bond motifs is 1. The highest BCUT2D eigenvalue weighted by molar-refractivity contribution is 7.91. The predicted molar refractivity (Wildman–Crippen MR) is 77.4 cm³/mol. The van der Waals surface area contributed by atoms with Gasteiger partial charge in [0.15, 0.2) is 0 Å². The van der Waals surface area contributed by atoms with Crippen LogP contribution in [0.1, 0.15) is 0 Å². The van der Waals surface area contributed by atoms with E-state index >= 15 is 0 Å². The van der Waals surface area contributed by atoms with Crippen LogP contribution >= 0.6 is 12.4 Å². The molecule has 0 aliphatic carbocycles. The molecule has 3 nitrogen and oxygen atoms in total. The van der Waals surface area contributed by atoms with E-state index in [1.807, 2.05) is 0 Å². The summed E-state index contributed by atoms with van der Waals surface area (Å²) in [5.41, 5.74) is 0.593. The van der Waals surface area contributed by atoms with E-state index < -0.39 is 15.7 Å². The van der Waals surface area contributed by atoms with Crippen LogP contribution < -0.4 is 0 Å². The Hall–Kier alpha value is -1.85. The van der Waals surface area contributed by atoms with Gasteiger partial charge < -0.3 is 4.98 Å². The van der Waals surface area contributed by atoms with Crippen molar-refractivity contribution in [3.63, 3.8) is 0 Å². The molecule has 0 saturated carbocycles. The highest BCUT2D eigenvalue weighted by Crippen LogP contribution is 2.24. The largest absolute Gasteiger partial charge is 0.345 e. The van der Waals surface area contributed by atoms with Crippen molar-refractivity contribution in [3.05, 3.63) is 60.4 Å². The van der Waals surface area contributed by atoms with E-state index in [4.69, 9.17) is 0 Å². The number of hydrogen-bond donors (Lipinski definition) is 1. The van der Waals surface area contributed by atoms with Crippen molar-refractivity contribution in [2.45, 2.75) is 9.92 Å². The Morgan fingerprint density at radius 2 is 1.65 bits per heavy atom. The van der Waals surface area contributed by atoms with Crippen LogP contribution in [0.3, 0.4) is 0 Å². The van der Waals surface area contributed by atoms with Gasteiger partial charge in [-0.25, -0.2) is 12.8 Å². The Morgan fingerprint density at radius 3 is 2.35 bits per heavy atom. The lowest BCUT2D eigenvalue weighted by Gasteiger charge is -2.00. The van der Waals surface area contributed by atoms with Gasteiger partial charge in [-0.3, -0.25) is 0 Å². The van der Waals surface area contributed by atoms with Gasteiger partial charge >= 0.3 is 0 Å². The zero-order valence-corrected chi connectivity index (χ0v) is 11.8. The maximum absolute atomic E-state index is 13.1. The van der Waals surface area contributed by atoms with Gasteiger partial charge in [0.2, 0.25) is 9.84 Å². The van der Waals surface area contributed by atoms with Gasteiger partial charge in [-0.05, 0) is 36.4 Å². The van der Waals surface area contributed by atoms with Crippen LogP contribution in [0.5, 0.6) is 0 Å². The van der Waals surface area contributed by atoms with E-state index in [1.165, 1.54) is 36.4 Å². The molecule has 0 spiro atoms. The second-order valence-electron chi connectivity index (χ2n) is 4.18. The van der Waals surface area contributed by atoms with Crippen LogP contribution in [-0.2, 0) is 9.84 Å². The molecule has 3 rings (SSSR count). The van der Waals surface area contributed by atoms with E-state index in [0.717, 1.165) is 0 Å². The van der Waals surface area contributed by atoms with Crippen LogP contribution in [0.4, 0.5) is 4.39 Å². The summed E-state index contributed by atoms with van der Waals surface area (Å²) < 4.78 is 37.8. The molecule has 0 atom stereocenters. The molecule has 0 radical (unpaired) electrons. The summed E-state index contributed by atoms with van der Waals surface area (Å²) in [6, 6.07) is 13.7. The summed E-state index contributed by atoms with van der Waals surface area (Å²) in [5, 5.41) is 0.605. The highest BCUT2D eigenvalue weighted by Gasteiger charge is 2.19. The average Bonchev–Trinajstić information content (AvgIpc) is 2.83. The maximum atomic E-state index is 13.1. The number of rotatable bonds is 2. The van der Waals surface area contributed by atoms with Crippen LogP contribution in [0, 0.1) is 5.82 Å². The average molecular weight is 312 g/mol. The number of sulfone groups is 1. The number of aromatic amines is 1. The Kier molecular flexibility index (Phi) is 3.83. The fourth-order valence-electron chi connectivity index (χ4n) is 1.95. The molecule has 0 saturated heterocycles. The van der Waals surface area contributed by atoms with Crippen molar-refractivity contribution >= 4 is 33.1 Å². The van der Waals surface area contributed by atoms with E-state index in [9.17, 15) is 12.8 Å². The van der Waals surface area contributed by atoms with Crippen molar-refractivity contribution in [1.82, 2.24) is 4.98 Å². The minimum Gasteiger partial charge on any atom is -0.345 e. The Labute approximate surface area is 121 Å². The first-order chi connectivity index (χ1) is 9.07. The molecular formula is C14H11ClFNO2S. The molecule has 0 aliphatic heterocycles. The number of nitrogens with one attached hydrogen (secondary N) is 1. The quantitative estimate of drug-likeness (QED) is 0.786. The van der Waals surface area contributed by atoms with Gasteiger partial charge in [0.25, 0.3) is 0 Å². The van der Waals surface area contributed by atoms with Crippen LogP contribution in [0.2, 0.25) is 0 Å². The molecule has 20 heavy (non-hydrogen) atoms. The molecule has 0 bridgehead atoms. The van der Waals surface area contributed by atoms with Crippen molar-refractivity contribution in [2.75, 3.05) is 0 Å². The first-order valence-electron chi connectivity index (χ1n) is 5.66. The van der Waals surface area contributed by atoms with Crippen molar-refractivity contribution < 1.29 is 12.8 Å². The maximum Gasteiger partial charge on any atom is 0.221 e. The Bertz CT molecular complexity index is 844. The number of hydrogen-bond acceptors (Lipinski definition) is 2. The van der Waals surface area contributed by atoms with Crippen LogP contribution in [0.15, 0.2) is 64.5 Å². The third kappa shape index (κ3) is 2.42. The van der Waals surface area contributed by atoms with Gasteiger partial charge in [0.05, 0.1) is 4.90 Å². The molecule has 2 aromatic carbocycles. The standard InChI is InChI=1S/C14H10FNO2S.ClH/c15-11-6-7-13-10(8-11)9-14(16-13)19(17,18)12-4-2-1-3-5-12;/h1-9,16H;1H. The van der Waals surface area contributed by atoms with Crippen molar-refractivity contribution in [3.8, 4) is 0 Å². The summed E-state index contributed by atoms with van der Waals surface area (Å²) in [7, 11) is -3.59. The summed E-state index contributed by atoms with van der Waals surface area (Å²) in [4.78, 5) is 3.02. The lowest BCUT2D eigenvalue weighted by Crippen LogP contribution is -2.01. The second-order valence-corrected chi connectivity index (χ2v) is 6.10. The topological polar surface area (TPSA) is 49.9 Å². The zero-order valence-electron chi connectivity index (χ0n) is 10.2. The predicted octanol–water partition coefficient (Wildman–Crippen LogP) is 3.56. The minimum atomic E-state index is -3.59. The summed E-state index contributed by atoms with van der Waals surface area (Å²) in [6.07, 6.45) is 0. The highest BCUT2D eigenvalue weighted by atomic mass is 35.5. The lowest BCUT2D eigenvalue weighted by atomic mass is 10.2. The molecular weight excluding hydrogens is 301 g/mol.